The molecule has 1 aliphatic heterocycles. The normalized spacial score (nSPS) is 24.2. The van der Waals surface area contributed by atoms with Gasteiger partial charge in [-0.2, -0.15) is 0 Å². The van der Waals surface area contributed by atoms with Gasteiger partial charge in [-0.3, -0.25) is 4.98 Å². The van der Waals surface area contributed by atoms with E-state index in [9.17, 15) is 5.11 Å². The van der Waals surface area contributed by atoms with Gasteiger partial charge in [-0.1, -0.05) is 6.07 Å². The van der Waals surface area contributed by atoms with Crippen molar-refractivity contribution >= 4 is 0 Å². The Bertz CT molecular complexity index is 325. The maximum atomic E-state index is 10.4. The first kappa shape index (κ1) is 12.5. The van der Waals surface area contributed by atoms with Crippen LogP contribution < -0.4 is 5.73 Å². The van der Waals surface area contributed by atoms with Crippen molar-refractivity contribution in [3.8, 4) is 0 Å². The number of pyridine rings is 1. The Morgan fingerprint density at radius 1 is 1.59 bits per heavy atom. The second-order valence-corrected chi connectivity index (χ2v) is 4.60. The summed E-state index contributed by atoms with van der Waals surface area (Å²) in [4.78, 5) is 4.08. The van der Waals surface area contributed by atoms with Gasteiger partial charge in [-0.15, -0.1) is 0 Å². The van der Waals surface area contributed by atoms with Crippen molar-refractivity contribution < 1.29 is 9.84 Å². The molecule has 1 aromatic heterocycles. The number of aliphatic hydroxyl groups excluding tert-OH is 1. The van der Waals surface area contributed by atoms with Crippen LogP contribution in [0.25, 0.3) is 0 Å². The summed E-state index contributed by atoms with van der Waals surface area (Å²) >= 11 is 0. The highest BCUT2D eigenvalue weighted by Crippen LogP contribution is 2.27. The van der Waals surface area contributed by atoms with Crippen LogP contribution in [-0.4, -0.2) is 36.0 Å². The number of hydrogen-bond donors (Lipinski definition) is 2. The van der Waals surface area contributed by atoms with Crippen molar-refractivity contribution in [3.05, 3.63) is 30.1 Å². The number of ether oxygens (including phenoxy) is 1. The number of aromatic nitrogens is 1. The Hall–Kier alpha value is -0.970. The minimum atomic E-state index is -0.440. The zero-order chi connectivity index (χ0) is 12.1. The van der Waals surface area contributed by atoms with Crippen molar-refractivity contribution in [2.75, 3.05) is 19.8 Å². The topological polar surface area (TPSA) is 68.4 Å². The van der Waals surface area contributed by atoms with Crippen molar-refractivity contribution in [1.29, 1.82) is 0 Å². The van der Waals surface area contributed by atoms with E-state index in [1.807, 2.05) is 12.1 Å². The molecule has 1 saturated heterocycles. The SMILES string of the molecule is NCC(c1cccnc1)C(O)C1CCCOC1. The smallest absolute Gasteiger partial charge is 0.0671 e. The first-order chi connectivity index (χ1) is 8.33. The third-order valence-electron chi connectivity index (χ3n) is 3.46. The third-order valence-corrected chi connectivity index (χ3v) is 3.46. The molecule has 1 fully saturated rings. The van der Waals surface area contributed by atoms with Gasteiger partial charge in [0.15, 0.2) is 0 Å². The van der Waals surface area contributed by atoms with E-state index in [1.165, 1.54) is 0 Å². The predicted octanol–water partition coefficient (Wildman–Crippen LogP) is 0.911. The van der Waals surface area contributed by atoms with E-state index in [0.717, 1.165) is 25.0 Å². The van der Waals surface area contributed by atoms with Crippen LogP contribution in [0.15, 0.2) is 24.5 Å². The molecule has 94 valence electrons. The molecule has 3 atom stereocenters. The fourth-order valence-corrected chi connectivity index (χ4v) is 2.43. The van der Waals surface area contributed by atoms with Crippen LogP contribution in [0, 0.1) is 5.92 Å². The van der Waals surface area contributed by atoms with Crippen molar-refractivity contribution in [2.45, 2.75) is 24.9 Å². The molecule has 2 heterocycles. The zero-order valence-electron chi connectivity index (χ0n) is 9.96. The Labute approximate surface area is 102 Å². The van der Waals surface area contributed by atoms with Gasteiger partial charge in [-0.25, -0.2) is 0 Å². The van der Waals surface area contributed by atoms with Crippen LogP contribution in [0.1, 0.15) is 24.3 Å². The molecule has 2 rings (SSSR count). The van der Waals surface area contributed by atoms with Gasteiger partial charge in [0.2, 0.25) is 0 Å². The van der Waals surface area contributed by atoms with Gasteiger partial charge in [0.1, 0.15) is 0 Å². The molecule has 0 amide bonds. The van der Waals surface area contributed by atoms with E-state index in [-0.39, 0.29) is 11.8 Å². The maximum Gasteiger partial charge on any atom is 0.0671 e. The average Bonchev–Trinajstić information content (AvgIpc) is 2.42. The van der Waals surface area contributed by atoms with Gasteiger partial charge in [0.25, 0.3) is 0 Å². The quantitative estimate of drug-likeness (QED) is 0.815. The molecule has 0 spiro atoms. The standard InChI is InChI=1S/C13H20N2O2/c14-7-12(10-3-1-5-15-8-10)13(16)11-4-2-6-17-9-11/h1,3,5,8,11-13,16H,2,4,6-7,9,14H2. The molecule has 4 heteroatoms. The van der Waals surface area contributed by atoms with Crippen molar-refractivity contribution in [3.63, 3.8) is 0 Å². The highest BCUT2D eigenvalue weighted by molar-refractivity contribution is 5.17. The molecule has 1 aromatic rings. The molecule has 4 nitrogen and oxygen atoms in total. The molecule has 0 saturated carbocycles. The lowest BCUT2D eigenvalue weighted by Crippen LogP contribution is -2.36. The monoisotopic (exact) mass is 236 g/mol. The Morgan fingerprint density at radius 3 is 3.06 bits per heavy atom. The number of aliphatic hydroxyl groups is 1. The second-order valence-electron chi connectivity index (χ2n) is 4.60. The Kier molecular flexibility index (Phi) is 4.48. The Morgan fingerprint density at radius 2 is 2.47 bits per heavy atom. The summed E-state index contributed by atoms with van der Waals surface area (Å²) in [6.07, 6.45) is 5.10. The second kappa shape index (κ2) is 6.10. The molecule has 17 heavy (non-hydrogen) atoms. The lowest BCUT2D eigenvalue weighted by molar-refractivity contribution is -0.0184. The number of nitrogens with zero attached hydrogens (tertiary/aromatic N) is 1. The fourth-order valence-electron chi connectivity index (χ4n) is 2.43. The summed E-state index contributed by atoms with van der Waals surface area (Å²) in [5.74, 6) is 0.146. The van der Waals surface area contributed by atoms with E-state index >= 15 is 0 Å². The molecule has 0 aromatic carbocycles. The van der Waals surface area contributed by atoms with E-state index in [4.69, 9.17) is 10.5 Å². The number of rotatable bonds is 4. The predicted molar refractivity (Wildman–Crippen MR) is 65.6 cm³/mol. The average molecular weight is 236 g/mol. The molecule has 0 bridgehead atoms. The van der Waals surface area contributed by atoms with E-state index < -0.39 is 6.10 Å². The van der Waals surface area contributed by atoms with Crippen molar-refractivity contribution in [1.82, 2.24) is 4.98 Å². The lowest BCUT2D eigenvalue weighted by Gasteiger charge is -2.31. The molecule has 3 unspecified atom stereocenters. The first-order valence-corrected chi connectivity index (χ1v) is 6.18. The van der Waals surface area contributed by atoms with Crippen LogP contribution in [0.5, 0.6) is 0 Å². The van der Waals surface area contributed by atoms with Crippen LogP contribution >= 0.6 is 0 Å². The van der Waals surface area contributed by atoms with E-state index in [0.29, 0.717) is 13.2 Å². The fraction of sp³-hybridized carbons (Fsp3) is 0.615. The number of nitrogens with two attached hydrogens (primary N) is 1. The Balaban J connectivity index is 2.07. The molecule has 3 N–H and O–H groups in total. The van der Waals surface area contributed by atoms with Crippen LogP contribution in [-0.2, 0) is 4.74 Å². The summed E-state index contributed by atoms with van der Waals surface area (Å²) in [6.45, 7) is 1.88. The van der Waals surface area contributed by atoms with Crippen LogP contribution in [0.2, 0.25) is 0 Å². The summed E-state index contributed by atoms with van der Waals surface area (Å²) in [7, 11) is 0. The van der Waals surface area contributed by atoms with Gasteiger partial charge in [-0.05, 0) is 24.5 Å². The molecular weight excluding hydrogens is 216 g/mol. The summed E-state index contributed by atoms with van der Waals surface area (Å²) < 4.78 is 5.42. The van der Waals surface area contributed by atoms with Gasteiger partial charge >= 0.3 is 0 Å². The largest absolute Gasteiger partial charge is 0.392 e. The number of hydrogen-bond acceptors (Lipinski definition) is 4. The van der Waals surface area contributed by atoms with E-state index in [2.05, 4.69) is 4.98 Å². The highest BCUT2D eigenvalue weighted by atomic mass is 16.5. The van der Waals surface area contributed by atoms with Crippen LogP contribution in [0.4, 0.5) is 0 Å². The summed E-state index contributed by atoms with van der Waals surface area (Å²) in [5, 5.41) is 10.4. The van der Waals surface area contributed by atoms with E-state index in [1.54, 1.807) is 12.4 Å². The summed E-state index contributed by atoms with van der Waals surface area (Å²) in [5.41, 5.74) is 6.79. The maximum absolute atomic E-state index is 10.4. The molecule has 1 aliphatic rings. The molecular formula is C13H20N2O2. The lowest BCUT2D eigenvalue weighted by atomic mass is 9.84. The van der Waals surface area contributed by atoms with Crippen LogP contribution in [0.3, 0.4) is 0 Å². The minimum Gasteiger partial charge on any atom is -0.392 e. The van der Waals surface area contributed by atoms with Gasteiger partial charge in [0.05, 0.1) is 12.7 Å². The minimum absolute atomic E-state index is 0.0459. The van der Waals surface area contributed by atoms with Crippen molar-refractivity contribution in [2.24, 2.45) is 11.7 Å². The summed E-state index contributed by atoms with van der Waals surface area (Å²) in [6, 6.07) is 3.85. The third kappa shape index (κ3) is 3.03. The molecule has 0 radical (unpaired) electrons. The van der Waals surface area contributed by atoms with Gasteiger partial charge < -0.3 is 15.6 Å². The highest BCUT2D eigenvalue weighted by Gasteiger charge is 2.29. The van der Waals surface area contributed by atoms with Gasteiger partial charge in [0, 0.05) is 37.4 Å². The zero-order valence-corrected chi connectivity index (χ0v) is 9.96. The first-order valence-electron chi connectivity index (χ1n) is 6.18. The molecule has 0 aliphatic carbocycles.